The fourth-order valence-electron chi connectivity index (χ4n) is 3.37. The van der Waals surface area contributed by atoms with Gasteiger partial charge in [0.05, 0.1) is 0 Å². The van der Waals surface area contributed by atoms with Crippen LogP contribution in [0.15, 0.2) is 24.5 Å². The highest BCUT2D eigenvalue weighted by molar-refractivity contribution is 5.79. The van der Waals surface area contributed by atoms with Gasteiger partial charge in [-0.05, 0) is 44.6 Å². The second-order valence-electron chi connectivity index (χ2n) is 6.54. The molecule has 3 rings (SSSR count). The first-order valence-corrected chi connectivity index (χ1v) is 8.31. The van der Waals surface area contributed by atoms with E-state index in [0.29, 0.717) is 5.91 Å². The summed E-state index contributed by atoms with van der Waals surface area (Å²) >= 11 is 0. The molecule has 3 heterocycles. The zero-order valence-corrected chi connectivity index (χ0v) is 13.4. The summed E-state index contributed by atoms with van der Waals surface area (Å²) in [4.78, 5) is 23.6. The van der Waals surface area contributed by atoms with Crippen molar-refractivity contribution in [3.05, 3.63) is 30.1 Å². The number of nitrogens with zero attached hydrogens (tertiary/aromatic N) is 4. The lowest BCUT2D eigenvalue weighted by Crippen LogP contribution is -2.50. The number of rotatable bonds is 3. The minimum absolute atomic E-state index is 0.230. The van der Waals surface area contributed by atoms with Crippen LogP contribution >= 0.6 is 0 Å². The van der Waals surface area contributed by atoms with Gasteiger partial charge < -0.3 is 9.80 Å². The minimum Gasteiger partial charge on any atom is -0.340 e. The maximum Gasteiger partial charge on any atom is 0.225 e. The standard InChI is InChI=1S/C17H26N4O/c1-19-9-11-21(12-10-19)17(22)16-4-7-20(8-5-16)14-15-3-2-6-18-13-15/h2-3,6,13,16H,4-5,7-12,14H2,1H3. The van der Waals surface area contributed by atoms with E-state index in [-0.39, 0.29) is 5.92 Å². The van der Waals surface area contributed by atoms with Gasteiger partial charge in [0.1, 0.15) is 0 Å². The van der Waals surface area contributed by atoms with Crippen molar-refractivity contribution in [3.63, 3.8) is 0 Å². The summed E-state index contributed by atoms with van der Waals surface area (Å²) in [6.45, 7) is 6.77. The molecule has 120 valence electrons. The van der Waals surface area contributed by atoms with Crippen molar-refractivity contribution >= 4 is 5.91 Å². The summed E-state index contributed by atoms with van der Waals surface area (Å²) in [5.41, 5.74) is 1.26. The first kappa shape index (κ1) is 15.4. The molecule has 0 spiro atoms. The van der Waals surface area contributed by atoms with Crippen molar-refractivity contribution in [1.82, 2.24) is 19.7 Å². The summed E-state index contributed by atoms with van der Waals surface area (Å²) in [6, 6.07) is 4.10. The molecular weight excluding hydrogens is 276 g/mol. The third-order valence-electron chi connectivity index (χ3n) is 4.88. The molecule has 1 aromatic rings. The second kappa shape index (κ2) is 7.20. The Morgan fingerprint density at radius 2 is 1.91 bits per heavy atom. The van der Waals surface area contributed by atoms with Crippen LogP contribution in [0, 0.1) is 5.92 Å². The molecule has 0 bridgehead atoms. The average molecular weight is 302 g/mol. The highest BCUT2D eigenvalue weighted by atomic mass is 16.2. The van der Waals surface area contributed by atoms with E-state index < -0.39 is 0 Å². The molecule has 2 aliphatic heterocycles. The lowest BCUT2D eigenvalue weighted by Gasteiger charge is -2.37. The fraction of sp³-hybridized carbons (Fsp3) is 0.647. The van der Waals surface area contributed by atoms with Crippen LogP contribution in [0.5, 0.6) is 0 Å². The summed E-state index contributed by atoms with van der Waals surface area (Å²) in [6.07, 6.45) is 5.72. The molecule has 1 aromatic heterocycles. The molecule has 5 nitrogen and oxygen atoms in total. The minimum atomic E-state index is 0.230. The Morgan fingerprint density at radius 3 is 2.55 bits per heavy atom. The van der Waals surface area contributed by atoms with Gasteiger partial charge >= 0.3 is 0 Å². The number of piperidine rings is 1. The number of amides is 1. The fourth-order valence-corrected chi connectivity index (χ4v) is 3.37. The topological polar surface area (TPSA) is 39.7 Å². The second-order valence-corrected chi connectivity index (χ2v) is 6.54. The number of aromatic nitrogens is 1. The maximum atomic E-state index is 12.6. The van der Waals surface area contributed by atoms with E-state index in [1.54, 1.807) is 0 Å². The van der Waals surface area contributed by atoms with E-state index in [9.17, 15) is 4.79 Å². The Kier molecular flexibility index (Phi) is 5.05. The van der Waals surface area contributed by atoms with Gasteiger partial charge in [-0.25, -0.2) is 0 Å². The van der Waals surface area contributed by atoms with Crippen molar-refractivity contribution in [2.45, 2.75) is 19.4 Å². The predicted octanol–water partition coefficient (Wildman–Crippen LogP) is 1.07. The van der Waals surface area contributed by atoms with Crippen LogP contribution in [-0.4, -0.2) is 71.9 Å². The van der Waals surface area contributed by atoms with Crippen molar-refractivity contribution in [1.29, 1.82) is 0 Å². The van der Waals surface area contributed by atoms with Crippen LogP contribution in [0.4, 0.5) is 0 Å². The summed E-state index contributed by atoms with van der Waals surface area (Å²) < 4.78 is 0. The molecule has 2 aliphatic rings. The zero-order chi connectivity index (χ0) is 15.4. The summed E-state index contributed by atoms with van der Waals surface area (Å²) in [5.74, 6) is 0.614. The van der Waals surface area contributed by atoms with Crippen molar-refractivity contribution < 1.29 is 4.79 Å². The van der Waals surface area contributed by atoms with Gasteiger partial charge in [-0.1, -0.05) is 6.07 Å². The first-order valence-electron chi connectivity index (χ1n) is 8.31. The van der Waals surface area contributed by atoms with E-state index >= 15 is 0 Å². The van der Waals surface area contributed by atoms with Crippen LogP contribution in [-0.2, 0) is 11.3 Å². The maximum absolute atomic E-state index is 12.6. The van der Waals surface area contributed by atoms with Crippen molar-refractivity contribution in [2.75, 3.05) is 46.3 Å². The SMILES string of the molecule is CN1CCN(C(=O)C2CCN(Cc3cccnc3)CC2)CC1. The van der Waals surface area contributed by atoms with Gasteiger partial charge in [-0.2, -0.15) is 0 Å². The molecule has 0 N–H and O–H groups in total. The Morgan fingerprint density at radius 1 is 1.18 bits per heavy atom. The number of hydrogen-bond acceptors (Lipinski definition) is 4. The van der Waals surface area contributed by atoms with Crippen LogP contribution in [0.1, 0.15) is 18.4 Å². The first-order chi connectivity index (χ1) is 10.7. The van der Waals surface area contributed by atoms with Gasteiger partial charge in [0.15, 0.2) is 0 Å². The number of carbonyl (C=O) groups is 1. The Hall–Kier alpha value is -1.46. The number of piperazine rings is 1. The quantitative estimate of drug-likeness (QED) is 0.837. The highest BCUT2D eigenvalue weighted by Crippen LogP contribution is 2.21. The molecule has 0 radical (unpaired) electrons. The van der Waals surface area contributed by atoms with E-state index in [1.807, 2.05) is 18.5 Å². The van der Waals surface area contributed by atoms with Gasteiger partial charge in [-0.3, -0.25) is 14.7 Å². The molecular formula is C17H26N4O. The van der Waals surface area contributed by atoms with Crippen LogP contribution in [0.25, 0.3) is 0 Å². The summed E-state index contributed by atoms with van der Waals surface area (Å²) in [7, 11) is 2.12. The zero-order valence-electron chi connectivity index (χ0n) is 13.4. The smallest absolute Gasteiger partial charge is 0.225 e. The van der Waals surface area contributed by atoms with Gasteiger partial charge in [0, 0.05) is 51.0 Å². The third-order valence-corrected chi connectivity index (χ3v) is 4.88. The molecule has 0 unspecified atom stereocenters. The molecule has 0 aromatic carbocycles. The molecule has 0 atom stereocenters. The number of hydrogen-bond donors (Lipinski definition) is 0. The van der Waals surface area contributed by atoms with Crippen molar-refractivity contribution in [2.24, 2.45) is 5.92 Å². The molecule has 2 saturated heterocycles. The normalized spacial score (nSPS) is 22.0. The molecule has 0 saturated carbocycles. The summed E-state index contributed by atoms with van der Waals surface area (Å²) in [5, 5.41) is 0. The Bertz CT molecular complexity index is 477. The van der Waals surface area contributed by atoms with Gasteiger partial charge in [-0.15, -0.1) is 0 Å². The van der Waals surface area contributed by atoms with E-state index in [0.717, 1.165) is 58.7 Å². The van der Waals surface area contributed by atoms with Crippen molar-refractivity contribution in [3.8, 4) is 0 Å². The van der Waals surface area contributed by atoms with E-state index in [1.165, 1.54) is 5.56 Å². The molecule has 0 aliphatic carbocycles. The number of likely N-dealkylation sites (tertiary alicyclic amines) is 1. The van der Waals surface area contributed by atoms with Crippen LogP contribution < -0.4 is 0 Å². The van der Waals surface area contributed by atoms with Crippen LogP contribution in [0.3, 0.4) is 0 Å². The lowest BCUT2D eigenvalue weighted by molar-refractivity contribution is -0.138. The highest BCUT2D eigenvalue weighted by Gasteiger charge is 2.29. The number of pyridine rings is 1. The third kappa shape index (κ3) is 3.84. The molecule has 1 amide bonds. The lowest BCUT2D eigenvalue weighted by atomic mass is 9.94. The molecule has 22 heavy (non-hydrogen) atoms. The van der Waals surface area contributed by atoms with Crippen LogP contribution in [0.2, 0.25) is 0 Å². The van der Waals surface area contributed by atoms with Gasteiger partial charge in [0.25, 0.3) is 0 Å². The number of likely N-dealkylation sites (N-methyl/N-ethyl adjacent to an activating group) is 1. The molecule has 5 heteroatoms. The monoisotopic (exact) mass is 302 g/mol. The predicted molar refractivity (Wildman–Crippen MR) is 86.3 cm³/mol. The largest absolute Gasteiger partial charge is 0.340 e. The van der Waals surface area contributed by atoms with E-state index in [2.05, 4.69) is 32.8 Å². The van der Waals surface area contributed by atoms with Gasteiger partial charge in [0.2, 0.25) is 5.91 Å². The number of carbonyl (C=O) groups excluding carboxylic acids is 1. The Balaban J connectivity index is 1.46. The Labute approximate surface area is 132 Å². The van der Waals surface area contributed by atoms with E-state index in [4.69, 9.17) is 0 Å². The molecule has 2 fully saturated rings. The average Bonchev–Trinajstić information content (AvgIpc) is 2.57.